The number of nitrogens with zero attached hydrogens (tertiary/aromatic N) is 2. The van der Waals surface area contributed by atoms with E-state index in [9.17, 15) is 9.59 Å². The summed E-state index contributed by atoms with van der Waals surface area (Å²) in [7, 11) is 0. The lowest BCUT2D eigenvalue weighted by Crippen LogP contribution is -2.12. The third-order valence-electron chi connectivity index (χ3n) is 1.35. The molecule has 0 aliphatic heterocycles. The van der Waals surface area contributed by atoms with Gasteiger partial charge in [0.15, 0.2) is 0 Å². The van der Waals surface area contributed by atoms with E-state index in [1.165, 1.54) is 18.6 Å². The van der Waals surface area contributed by atoms with Crippen LogP contribution in [0.1, 0.15) is 10.5 Å². The average molecular weight is 193 g/mol. The first-order valence-corrected chi connectivity index (χ1v) is 3.62. The molecule has 0 saturated carbocycles. The molecule has 14 heavy (non-hydrogen) atoms. The molecule has 1 aromatic rings. The van der Waals surface area contributed by atoms with Crippen LogP contribution < -0.4 is 5.73 Å². The molecule has 0 saturated heterocycles. The number of hydrogen-bond acceptors (Lipinski definition) is 5. The Kier molecular flexibility index (Phi) is 2.90. The standard InChI is InChI=1S/C8H7N3O3/c9-5(8(13)14)3-7(12)6-4-10-1-2-11-6/h1-4H,9H2,(H,13,14)/b5-3-. The topological polar surface area (TPSA) is 106 Å². The molecule has 1 rings (SSSR count). The zero-order chi connectivity index (χ0) is 10.6. The van der Waals surface area contributed by atoms with Crippen LogP contribution in [-0.2, 0) is 4.79 Å². The van der Waals surface area contributed by atoms with Gasteiger partial charge < -0.3 is 10.8 Å². The van der Waals surface area contributed by atoms with Crippen molar-refractivity contribution < 1.29 is 14.7 Å². The molecule has 6 heteroatoms. The summed E-state index contributed by atoms with van der Waals surface area (Å²) in [5.74, 6) is -1.93. The number of carbonyl (C=O) groups excluding carboxylic acids is 1. The van der Waals surface area contributed by atoms with Gasteiger partial charge in [0.2, 0.25) is 5.78 Å². The maximum absolute atomic E-state index is 11.2. The fourth-order valence-corrected chi connectivity index (χ4v) is 0.703. The summed E-state index contributed by atoms with van der Waals surface area (Å²) >= 11 is 0. The van der Waals surface area contributed by atoms with Crippen LogP contribution in [0.4, 0.5) is 0 Å². The first-order chi connectivity index (χ1) is 6.61. The molecular formula is C8H7N3O3. The van der Waals surface area contributed by atoms with Crippen molar-refractivity contribution in [1.82, 2.24) is 9.97 Å². The van der Waals surface area contributed by atoms with Gasteiger partial charge in [-0.05, 0) is 0 Å². The molecule has 6 nitrogen and oxygen atoms in total. The minimum atomic E-state index is -1.35. The molecule has 1 aromatic heterocycles. The molecule has 0 unspecified atom stereocenters. The number of allylic oxidation sites excluding steroid dienone is 1. The molecule has 0 bridgehead atoms. The predicted molar refractivity (Wildman–Crippen MR) is 46.3 cm³/mol. The van der Waals surface area contributed by atoms with Gasteiger partial charge in [-0.3, -0.25) is 9.78 Å². The van der Waals surface area contributed by atoms with Crippen molar-refractivity contribution in [3.05, 3.63) is 36.1 Å². The zero-order valence-corrected chi connectivity index (χ0v) is 7.04. The normalized spacial score (nSPS) is 11.0. The van der Waals surface area contributed by atoms with Crippen molar-refractivity contribution in [3.8, 4) is 0 Å². The van der Waals surface area contributed by atoms with Crippen LogP contribution in [0.5, 0.6) is 0 Å². The second-order valence-corrected chi connectivity index (χ2v) is 2.36. The van der Waals surface area contributed by atoms with Crippen molar-refractivity contribution in [2.24, 2.45) is 5.73 Å². The Bertz CT molecular complexity index is 386. The van der Waals surface area contributed by atoms with Crippen LogP contribution >= 0.6 is 0 Å². The van der Waals surface area contributed by atoms with Gasteiger partial charge in [0, 0.05) is 18.5 Å². The SMILES string of the molecule is N/C(=C\C(=O)c1cnccn1)C(=O)O. The Morgan fingerprint density at radius 3 is 2.64 bits per heavy atom. The second kappa shape index (κ2) is 4.13. The van der Waals surface area contributed by atoms with Gasteiger partial charge >= 0.3 is 5.97 Å². The summed E-state index contributed by atoms with van der Waals surface area (Å²) in [4.78, 5) is 28.9. The van der Waals surface area contributed by atoms with Gasteiger partial charge in [0.1, 0.15) is 11.4 Å². The van der Waals surface area contributed by atoms with E-state index in [0.29, 0.717) is 0 Å². The molecule has 0 atom stereocenters. The molecular weight excluding hydrogens is 186 g/mol. The lowest BCUT2D eigenvalue weighted by atomic mass is 10.2. The van der Waals surface area contributed by atoms with Crippen LogP contribution in [0.25, 0.3) is 0 Å². The van der Waals surface area contributed by atoms with Crippen LogP contribution in [0.15, 0.2) is 30.4 Å². The van der Waals surface area contributed by atoms with Gasteiger partial charge in [-0.25, -0.2) is 9.78 Å². The Labute approximate surface area is 79.1 Å². The number of hydrogen-bond donors (Lipinski definition) is 2. The summed E-state index contributed by atoms with van der Waals surface area (Å²) in [6.45, 7) is 0. The third-order valence-corrected chi connectivity index (χ3v) is 1.35. The lowest BCUT2D eigenvalue weighted by Gasteiger charge is -1.94. The number of carboxylic acid groups (broad SMARTS) is 1. The number of ketones is 1. The third kappa shape index (κ3) is 2.37. The van der Waals surface area contributed by atoms with Crippen molar-refractivity contribution >= 4 is 11.8 Å². The van der Waals surface area contributed by atoms with Crippen LogP contribution in [-0.4, -0.2) is 26.8 Å². The van der Waals surface area contributed by atoms with Crippen molar-refractivity contribution in [3.63, 3.8) is 0 Å². The van der Waals surface area contributed by atoms with E-state index in [1.54, 1.807) is 0 Å². The van der Waals surface area contributed by atoms with Gasteiger partial charge in [-0.1, -0.05) is 0 Å². The van der Waals surface area contributed by atoms with Crippen molar-refractivity contribution in [2.45, 2.75) is 0 Å². The minimum Gasteiger partial charge on any atom is -0.477 e. The molecule has 0 radical (unpaired) electrons. The Morgan fingerprint density at radius 1 is 1.43 bits per heavy atom. The van der Waals surface area contributed by atoms with E-state index in [0.717, 1.165) is 6.08 Å². The molecule has 0 fully saturated rings. The zero-order valence-electron chi connectivity index (χ0n) is 7.04. The molecule has 0 aliphatic rings. The summed E-state index contributed by atoms with van der Waals surface area (Å²) < 4.78 is 0. The average Bonchev–Trinajstić information content (AvgIpc) is 2.19. The Morgan fingerprint density at radius 2 is 2.14 bits per heavy atom. The fraction of sp³-hybridized carbons (Fsp3) is 0. The van der Waals surface area contributed by atoms with E-state index in [-0.39, 0.29) is 5.69 Å². The summed E-state index contributed by atoms with van der Waals surface area (Å²) in [5, 5.41) is 8.40. The lowest BCUT2D eigenvalue weighted by molar-refractivity contribution is -0.132. The summed E-state index contributed by atoms with van der Waals surface area (Å²) in [6.07, 6.45) is 4.76. The number of rotatable bonds is 3. The van der Waals surface area contributed by atoms with E-state index in [1.807, 2.05) is 0 Å². The molecule has 0 aromatic carbocycles. The van der Waals surface area contributed by atoms with E-state index < -0.39 is 17.4 Å². The first kappa shape index (κ1) is 9.85. The van der Waals surface area contributed by atoms with E-state index in [4.69, 9.17) is 10.8 Å². The van der Waals surface area contributed by atoms with Gasteiger partial charge in [0.25, 0.3) is 0 Å². The van der Waals surface area contributed by atoms with Crippen molar-refractivity contribution in [1.29, 1.82) is 0 Å². The molecule has 0 amide bonds. The molecule has 0 aliphatic carbocycles. The van der Waals surface area contributed by atoms with Gasteiger partial charge in [-0.15, -0.1) is 0 Å². The number of nitrogens with two attached hydrogens (primary N) is 1. The van der Waals surface area contributed by atoms with E-state index in [2.05, 4.69) is 9.97 Å². The Hall–Kier alpha value is -2.24. The summed E-state index contributed by atoms with van der Waals surface area (Å²) in [6, 6.07) is 0. The fourth-order valence-electron chi connectivity index (χ4n) is 0.703. The molecule has 3 N–H and O–H groups in total. The predicted octanol–water partition coefficient (Wildman–Crippen LogP) is -0.414. The van der Waals surface area contributed by atoms with Gasteiger partial charge in [-0.2, -0.15) is 0 Å². The molecule has 1 heterocycles. The molecule has 0 spiro atoms. The van der Waals surface area contributed by atoms with Crippen LogP contribution in [0.2, 0.25) is 0 Å². The first-order valence-electron chi connectivity index (χ1n) is 3.62. The van der Waals surface area contributed by atoms with Crippen molar-refractivity contribution in [2.75, 3.05) is 0 Å². The minimum absolute atomic E-state index is 0.0525. The van der Waals surface area contributed by atoms with Crippen LogP contribution in [0, 0.1) is 0 Å². The number of aromatic nitrogens is 2. The highest BCUT2D eigenvalue weighted by Gasteiger charge is 2.08. The quantitative estimate of drug-likeness (QED) is 0.499. The highest BCUT2D eigenvalue weighted by atomic mass is 16.4. The van der Waals surface area contributed by atoms with Crippen LogP contribution in [0.3, 0.4) is 0 Å². The largest absolute Gasteiger partial charge is 0.477 e. The Balaban J connectivity index is 2.88. The van der Waals surface area contributed by atoms with Gasteiger partial charge in [0.05, 0.1) is 6.20 Å². The monoisotopic (exact) mass is 193 g/mol. The highest BCUT2D eigenvalue weighted by molar-refractivity contribution is 6.06. The summed E-state index contributed by atoms with van der Waals surface area (Å²) in [5.41, 5.74) is 4.57. The number of carboxylic acids is 1. The smallest absolute Gasteiger partial charge is 0.351 e. The number of carbonyl (C=O) groups is 2. The maximum atomic E-state index is 11.2. The molecule has 72 valence electrons. The second-order valence-electron chi connectivity index (χ2n) is 2.36. The number of aliphatic carboxylic acids is 1. The van der Waals surface area contributed by atoms with E-state index >= 15 is 0 Å². The highest BCUT2D eigenvalue weighted by Crippen LogP contribution is 1.95. The maximum Gasteiger partial charge on any atom is 0.351 e.